The van der Waals surface area contributed by atoms with E-state index in [0.29, 0.717) is 6.54 Å². The minimum Gasteiger partial charge on any atom is -0.373 e. The molecule has 1 atom stereocenters. The number of amides is 1. The Labute approximate surface area is 118 Å². The summed E-state index contributed by atoms with van der Waals surface area (Å²) in [5, 5.41) is 6.23. The molecule has 0 saturated heterocycles. The normalized spacial score (nSPS) is 16.4. The van der Waals surface area contributed by atoms with Gasteiger partial charge >= 0.3 is 0 Å². The zero-order valence-corrected chi connectivity index (χ0v) is 11.4. The van der Waals surface area contributed by atoms with E-state index in [1.54, 1.807) is 12.4 Å². The summed E-state index contributed by atoms with van der Waals surface area (Å²) in [6, 6.07) is 9.81. The van der Waals surface area contributed by atoms with E-state index in [2.05, 4.69) is 21.7 Å². The minimum atomic E-state index is -0.177. The zero-order valence-electron chi connectivity index (χ0n) is 11.4. The van der Waals surface area contributed by atoms with Crippen LogP contribution in [0.1, 0.15) is 16.7 Å². The van der Waals surface area contributed by atoms with E-state index in [-0.39, 0.29) is 11.9 Å². The maximum absolute atomic E-state index is 12.2. The van der Waals surface area contributed by atoms with Crippen LogP contribution in [0.15, 0.2) is 42.7 Å². The van der Waals surface area contributed by atoms with Crippen LogP contribution in [0.2, 0.25) is 0 Å². The second-order valence-corrected chi connectivity index (χ2v) is 5.08. The molecule has 1 amide bonds. The van der Waals surface area contributed by atoms with Gasteiger partial charge in [-0.3, -0.25) is 9.78 Å². The summed E-state index contributed by atoms with van der Waals surface area (Å²) in [5.41, 5.74) is 4.45. The van der Waals surface area contributed by atoms with Gasteiger partial charge in [0.25, 0.3) is 0 Å². The van der Waals surface area contributed by atoms with Crippen molar-refractivity contribution in [3.8, 4) is 0 Å². The number of benzene rings is 1. The molecule has 2 aromatic rings. The fourth-order valence-corrected chi connectivity index (χ4v) is 2.44. The van der Waals surface area contributed by atoms with Crippen molar-refractivity contribution in [1.82, 2.24) is 10.3 Å². The number of para-hydroxylation sites is 1. The van der Waals surface area contributed by atoms with Crippen molar-refractivity contribution < 1.29 is 4.79 Å². The molecule has 0 saturated carbocycles. The van der Waals surface area contributed by atoms with Gasteiger partial charge in [-0.25, -0.2) is 0 Å². The molecule has 0 spiro atoms. The van der Waals surface area contributed by atoms with Crippen LogP contribution in [-0.2, 0) is 17.8 Å². The van der Waals surface area contributed by atoms with Crippen LogP contribution in [-0.4, -0.2) is 16.9 Å². The lowest BCUT2D eigenvalue weighted by Gasteiger charge is -2.12. The van der Waals surface area contributed by atoms with Gasteiger partial charge in [-0.15, -0.1) is 0 Å². The largest absolute Gasteiger partial charge is 0.373 e. The lowest BCUT2D eigenvalue weighted by molar-refractivity contribution is -0.121. The van der Waals surface area contributed by atoms with Crippen LogP contribution < -0.4 is 10.6 Å². The van der Waals surface area contributed by atoms with Crippen molar-refractivity contribution in [2.24, 2.45) is 0 Å². The highest BCUT2D eigenvalue weighted by Crippen LogP contribution is 2.25. The van der Waals surface area contributed by atoms with Crippen molar-refractivity contribution in [3.05, 3.63) is 59.4 Å². The number of aryl methyl sites for hydroxylation is 1. The number of aromatic nitrogens is 1. The summed E-state index contributed by atoms with van der Waals surface area (Å²) in [6.07, 6.45) is 4.30. The first kappa shape index (κ1) is 12.7. The van der Waals surface area contributed by atoms with Crippen LogP contribution in [0.4, 0.5) is 5.69 Å². The SMILES string of the molecule is Cc1ccncc1CNC(=O)C1Cc2ccccc2N1. The highest BCUT2D eigenvalue weighted by Gasteiger charge is 2.25. The van der Waals surface area contributed by atoms with Gasteiger partial charge in [0.2, 0.25) is 5.91 Å². The first-order valence-corrected chi connectivity index (χ1v) is 6.75. The number of fused-ring (bicyclic) bond motifs is 1. The second kappa shape index (κ2) is 5.33. The fraction of sp³-hybridized carbons (Fsp3) is 0.250. The van der Waals surface area contributed by atoms with Gasteiger partial charge in [0.05, 0.1) is 0 Å². The Morgan fingerprint density at radius 1 is 1.40 bits per heavy atom. The van der Waals surface area contributed by atoms with E-state index in [9.17, 15) is 4.79 Å². The van der Waals surface area contributed by atoms with Gasteiger partial charge in [0, 0.05) is 31.0 Å². The van der Waals surface area contributed by atoms with Crippen molar-refractivity contribution in [2.75, 3.05) is 5.32 Å². The Morgan fingerprint density at radius 3 is 3.05 bits per heavy atom. The predicted molar refractivity (Wildman–Crippen MR) is 78.4 cm³/mol. The van der Waals surface area contributed by atoms with Gasteiger partial charge in [-0.05, 0) is 35.7 Å². The summed E-state index contributed by atoms with van der Waals surface area (Å²) >= 11 is 0. The predicted octanol–water partition coefficient (Wildman–Crippen LogP) is 2.04. The van der Waals surface area contributed by atoms with Crippen molar-refractivity contribution in [1.29, 1.82) is 0 Å². The number of nitrogens with zero attached hydrogens (tertiary/aromatic N) is 1. The third-order valence-electron chi connectivity index (χ3n) is 3.69. The van der Waals surface area contributed by atoms with Gasteiger partial charge in [0.1, 0.15) is 6.04 Å². The van der Waals surface area contributed by atoms with Crippen LogP contribution >= 0.6 is 0 Å². The van der Waals surface area contributed by atoms with Crippen molar-refractivity contribution in [2.45, 2.75) is 25.9 Å². The van der Waals surface area contributed by atoms with Gasteiger partial charge in [-0.2, -0.15) is 0 Å². The summed E-state index contributed by atoms with van der Waals surface area (Å²) in [4.78, 5) is 16.3. The minimum absolute atomic E-state index is 0.0319. The Kier molecular flexibility index (Phi) is 3.37. The summed E-state index contributed by atoms with van der Waals surface area (Å²) in [7, 11) is 0. The third kappa shape index (κ3) is 2.50. The molecule has 4 nitrogen and oxygen atoms in total. The van der Waals surface area contributed by atoms with Crippen LogP contribution in [0.25, 0.3) is 0 Å². The van der Waals surface area contributed by atoms with E-state index in [0.717, 1.165) is 23.2 Å². The van der Waals surface area contributed by atoms with Crippen molar-refractivity contribution in [3.63, 3.8) is 0 Å². The van der Waals surface area contributed by atoms with Crippen LogP contribution in [0, 0.1) is 6.92 Å². The second-order valence-electron chi connectivity index (χ2n) is 5.08. The number of hydrogen-bond donors (Lipinski definition) is 2. The Hall–Kier alpha value is -2.36. The first-order valence-electron chi connectivity index (χ1n) is 6.75. The van der Waals surface area contributed by atoms with Crippen molar-refractivity contribution >= 4 is 11.6 Å². The summed E-state index contributed by atoms with van der Waals surface area (Å²) < 4.78 is 0. The number of rotatable bonds is 3. The quantitative estimate of drug-likeness (QED) is 0.895. The molecule has 0 fully saturated rings. The van der Waals surface area contributed by atoms with E-state index in [4.69, 9.17) is 0 Å². The zero-order chi connectivity index (χ0) is 13.9. The lowest BCUT2D eigenvalue weighted by atomic mass is 10.1. The lowest BCUT2D eigenvalue weighted by Crippen LogP contribution is -2.38. The average Bonchev–Trinajstić information content (AvgIpc) is 2.90. The molecule has 3 rings (SSSR count). The summed E-state index contributed by atoms with van der Waals surface area (Å²) in [5.74, 6) is 0.0319. The molecule has 20 heavy (non-hydrogen) atoms. The van der Waals surface area contributed by atoms with E-state index in [1.807, 2.05) is 31.2 Å². The first-order chi connectivity index (χ1) is 9.74. The van der Waals surface area contributed by atoms with Gasteiger partial charge in [-0.1, -0.05) is 18.2 Å². The van der Waals surface area contributed by atoms with Gasteiger partial charge in [0.15, 0.2) is 0 Å². The highest BCUT2D eigenvalue weighted by atomic mass is 16.2. The van der Waals surface area contributed by atoms with Crippen LogP contribution in [0.5, 0.6) is 0 Å². The molecule has 2 heterocycles. The number of carbonyl (C=O) groups excluding carboxylic acids is 1. The number of pyridine rings is 1. The molecule has 2 N–H and O–H groups in total. The molecule has 4 heteroatoms. The molecule has 0 aliphatic carbocycles. The molecule has 102 valence electrons. The van der Waals surface area contributed by atoms with E-state index < -0.39 is 0 Å². The van der Waals surface area contributed by atoms with E-state index >= 15 is 0 Å². The molecule has 1 aliphatic rings. The fourth-order valence-electron chi connectivity index (χ4n) is 2.44. The smallest absolute Gasteiger partial charge is 0.243 e. The topological polar surface area (TPSA) is 54.0 Å². The molecule has 0 radical (unpaired) electrons. The van der Waals surface area contributed by atoms with Gasteiger partial charge < -0.3 is 10.6 Å². The molecule has 1 aliphatic heterocycles. The molecule has 0 bridgehead atoms. The number of carbonyl (C=O) groups is 1. The molecule has 1 aromatic carbocycles. The Morgan fingerprint density at radius 2 is 2.25 bits per heavy atom. The maximum Gasteiger partial charge on any atom is 0.243 e. The number of hydrogen-bond acceptors (Lipinski definition) is 3. The number of nitrogens with one attached hydrogen (secondary N) is 2. The van der Waals surface area contributed by atoms with Crippen LogP contribution in [0.3, 0.4) is 0 Å². The molecule has 1 unspecified atom stereocenters. The molecular formula is C16H17N3O. The Bertz CT molecular complexity index is 614. The standard InChI is InChI=1S/C16H17N3O/c1-11-6-7-17-9-13(11)10-18-16(20)15-8-12-4-2-3-5-14(12)19-15/h2-7,9,15,19H,8,10H2,1H3,(H,18,20). The average molecular weight is 267 g/mol. The monoisotopic (exact) mass is 267 g/mol. The highest BCUT2D eigenvalue weighted by molar-refractivity contribution is 5.87. The third-order valence-corrected chi connectivity index (χ3v) is 3.69. The molecular weight excluding hydrogens is 250 g/mol. The molecule has 1 aromatic heterocycles. The number of anilines is 1. The summed E-state index contributed by atoms with van der Waals surface area (Å²) in [6.45, 7) is 2.54. The van der Waals surface area contributed by atoms with E-state index in [1.165, 1.54) is 5.56 Å². The maximum atomic E-state index is 12.2. The Balaban J connectivity index is 1.61.